The van der Waals surface area contributed by atoms with Crippen LogP contribution >= 0.6 is 0 Å². The van der Waals surface area contributed by atoms with Crippen molar-refractivity contribution >= 4 is 0 Å². The number of hydrogen-bond donors (Lipinski definition) is 1. The maximum Gasteiger partial charge on any atom is 0.147 e. The van der Waals surface area contributed by atoms with Gasteiger partial charge >= 0.3 is 0 Å². The summed E-state index contributed by atoms with van der Waals surface area (Å²) in [5.74, 6) is 2.00. The van der Waals surface area contributed by atoms with Crippen molar-refractivity contribution < 1.29 is 9.50 Å². The Kier molecular flexibility index (Phi) is 3.54. The Bertz CT molecular complexity index is 450. The zero-order valence-corrected chi connectivity index (χ0v) is 11.2. The Hall–Kier alpha value is -1.01. The molecule has 1 aromatic rings. The molecule has 0 radical (unpaired) electrons. The number of aliphatic hydroxyl groups is 1. The predicted molar refractivity (Wildman–Crippen MR) is 68.4 cm³/mol. The van der Waals surface area contributed by atoms with E-state index in [1.807, 2.05) is 4.90 Å². The normalized spacial score (nSPS) is 28.3. The summed E-state index contributed by atoms with van der Waals surface area (Å²) < 4.78 is 16.4. The number of alkyl halides is 1. The summed E-state index contributed by atoms with van der Waals surface area (Å²) in [6, 6.07) is 0. The van der Waals surface area contributed by atoms with Crippen LogP contribution < -0.4 is 0 Å². The maximum atomic E-state index is 14.2. The molecule has 0 aromatic carbocycles. The second-order valence-electron chi connectivity index (χ2n) is 5.76. The summed E-state index contributed by atoms with van der Waals surface area (Å²) in [4.78, 5) is 2.05. The molecule has 19 heavy (non-hydrogen) atoms. The molecule has 5 nitrogen and oxygen atoms in total. The molecule has 2 aliphatic rings. The largest absolute Gasteiger partial charge is 0.393 e. The Morgan fingerprint density at radius 1 is 1.21 bits per heavy atom. The van der Waals surface area contributed by atoms with Crippen LogP contribution in [-0.2, 0) is 19.5 Å². The van der Waals surface area contributed by atoms with Crippen LogP contribution in [0.15, 0.2) is 0 Å². The number of halogens is 1. The molecule has 1 fully saturated rings. The minimum atomic E-state index is -1.44. The summed E-state index contributed by atoms with van der Waals surface area (Å²) in [5, 5.41) is 17.6. The molecule has 1 unspecified atom stereocenters. The highest BCUT2D eigenvalue weighted by Crippen LogP contribution is 2.26. The second-order valence-corrected chi connectivity index (χ2v) is 5.76. The lowest BCUT2D eigenvalue weighted by Gasteiger charge is -2.36. The molecule has 6 heteroatoms. The topological polar surface area (TPSA) is 54.2 Å². The molecule has 1 atom stereocenters. The zero-order valence-electron chi connectivity index (χ0n) is 11.2. The smallest absolute Gasteiger partial charge is 0.147 e. The molecule has 106 valence electrons. The van der Waals surface area contributed by atoms with E-state index in [1.54, 1.807) is 0 Å². The molecule has 0 spiro atoms. The molecule has 0 aliphatic carbocycles. The molecular weight excluding hydrogens is 247 g/mol. The van der Waals surface area contributed by atoms with Gasteiger partial charge in [0.05, 0.1) is 13.2 Å². The highest BCUT2D eigenvalue weighted by Gasteiger charge is 2.35. The first kappa shape index (κ1) is 13.0. The first-order chi connectivity index (χ1) is 9.20. The van der Waals surface area contributed by atoms with Crippen LogP contribution in [0.1, 0.15) is 37.3 Å². The number of aliphatic hydroxyl groups excluding tert-OH is 1. The fourth-order valence-electron chi connectivity index (χ4n) is 3.13. The number of piperidine rings is 1. The first-order valence-corrected chi connectivity index (χ1v) is 7.13. The Labute approximate surface area is 112 Å². The van der Waals surface area contributed by atoms with Crippen molar-refractivity contribution in [3.63, 3.8) is 0 Å². The number of fused-ring (bicyclic) bond motifs is 1. The van der Waals surface area contributed by atoms with Crippen LogP contribution in [0.3, 0.4) is 0 Å². The number of aromatic nitrogens is 3. The average molecular weight is 268 g/mol. The van der Waals surface area contributed by atoms with Crippen LogP contribution in [0.4, 0.5) is 4.39 Å². The van der Waals surface area contributed by atoms with E-state index < -0.39 is 5.67 Å². The summed E-state index contributed by atoms with van der Waals surface area (Å²) >= 11 is 0. The third-order valence-electron chi connectivity index (χ3n) is 4.19. The van der Waals surface area contributed by atoms with Crippen LogP contribution in [-0.4, -0.2) is 50.1 Å². The van der Waals surface area contributed by atoms with Crippen LogP contribution in [0.2, 0.25) is 0 Å². The van der Waals surface area contributed by atoms with Gasteiger partial charge in [-0.25, -0.2) is 4.39 Å². The van der Waals surface area contributed by atoms with Gasteiger partial charge in [-0.2, -0.15) is 0 Å². The summed E-state index contributed by atoms with van der Waals surface area (Å²) in [5.41, 5.74) is -1.44. The van der Waals surface area contributed by atoms with Gasteiger partial charge in [-0.05, 0) is 32.2 Å². The van der Waals surface area contributed by atoms with Gasteiger partial charge in [0, 0.05) is 19.5 Å². The van der Waals surface area contributed by atoms with Crippen LogP contribution in [0, 0.1) is 0 Å². The van der Waals surface area contributed by atoms with E-state index in [0.29, 0.717) is 19.5 Å². The van der Waals surface area contributed by atoms with E-state index in [0.717, 1.165) is 37.6 Å². The molecular formula is C13H21FN4O. The number of nitrogens with zero attached hydrogens (tertiary/aromatic N) is 4. The predicted octanol–water partition coefficient (Wildman–Crippen LogP) is 0.911. The molecule has 1 saturated heterocycles. The van der Waals surface area contributed by atoms with E-state index in [9.17, 15) is 4.39 Å². The van der Waals surface area contributed by atoms with Gasteiger partial charge in [-0.15, -0.1) is 10.2 Å². The molecule has 0 amide bonds. The monoisotopic (exact) mass is 268 g/mol. The quantitative estimate of drug-likeness (QED) is 0.885. The Morgan fingerprint density at radius 3 is 2.95 bits per heavy atom. The third-order valence-corrected chi connectivity index (χ3v) is 4.19. The molecule has 3 heterocycles. The summed E-state index contributed by atoms with van der Waals surface area (Å²) in [6.45, 7) is 2.39. The summed E-state index contributed by atoms with van der Waals surface area (Å²) in [6.07, 6.45) is 4.59. The fraction of sp³-hybridized carbons (Fsp3) is 0.846. The zero-order chi connectivity index (χ0) is 13.3. The van der Waals surface area contributed by atoms with Crippen molar-refractivity contribution in [2.45, 2.75) is 50.9 Å². The van der Waals surface area contributed by atoms with Gasteiger partial charge < -0.3 is 9.67 Å². The van der Waals surface area contributed by atoms with Crippen molar-refractivity contribution in [2.24, 2.45) is 0 Å². The van der Waals surface area contributed by atoms with Crippen molar-refractivity contribution in [3.05, 3.63) is 11.6 Å². The van der Waals surface area contributed by atoms with Gasteiger partial charge in [0.25, 0.3) is 0 Å². The maximum absolute atomic E-state index is 14.2. The van der Waals surface area contributed by atoms with E-state index in [1.165, 1.54) is 12.8 Å². The van der Waals surface area contributed by atoms with Crippen LogP contribution in [0.5, 0.6) is 0 Å². The van der Waals surface area contributed by atoms with Gasteiger partial charge in [-0.1, -0.05) is 0 Å². The standard InChI is InChI=1S/C13H21FN4O/c14-13(10-19)5-3-6-17(9-13)8-12-16-15-11-4-1-2-7-18(11)12/h19H,1-10H2. The van der Waals surface area contributed by atoms with Crippen molar-refractivity contribution in [1.82, 2.24) is 19.7 Å². The van der Waals surface area contributed by atoms with Crippen molar-refractivity contribution in [3.8, 4) is 0 Å². The summed E-state index contributed by atoms with van der Waals surface area (Å²) in [7, 11) is 0. The molecule has 2 aliphatic heterocycles. The molecule has 0 saturated carbocycles. The minimum Gasteiger partial charge on any atom is -0.393 e. The molecule has 0 bridgehead atoms. The van der Waals surface area contributed by atoms with Gasteiger partial charge in [0.15, 0.2) is 0 Å². The lowest BCUT2D eigenvalue weighted by atomic mass is 9.96. The van der Waals surface area contributed by atoms with Gasteiger partial charge in [-0.3, -0.25) is 4.90 Å². The lowest BCUT2D eigenvalue weighted by Crippen LogP contribution is -2.47. The molecule has 1 aromatic heterocycles. The number of hydrogen-bond acceptors (Lipinski definition) is 4. The lowest BCUT2D eigenvalue weighted by molar-refractivity contribution is -0.00498. The number of aryl methyl sites for hydroxylation is 1. The van der Waals surface area contributed by atoms with Crippen molar-refractivity contribution in [2.75, 3.05) is 19.7 Å². The first-order valence-electron chi connectivity index (χ1n) is 7.13. The van der Waals surface area contributed by atoms with E-state index >= 15 is 0 Å². The Balaban J connectivity index is 1.69. The van der Waals surface area contributed by atoms with Gasteiger partial charge in [0.2, 0.25) is 0 Å². The molecule has 1 N–H and O–H groups in total. The Morgan fingerprint density at radius 2 is 2.11 bits per heavy atom. The van der Waals surface area contributed by atoms with E-state index in [4.69, 9.17) is 5.11 Å². The van der Waals surface area contributed by atoms with E-state index in [2.05, 4.69) is 14.8 Å². The van der Waals surface area contributed by atoms with Crippen molar-refractivity contribution in [1.29, 1.82) is 0 Å². The molecule has 3 rings (SSSR count). The SMILES string of the molecule is OCC1(F)CCCN(Cc2nnc3n2CCCC3)C1. The van der Waals surface area contributed by atoms with Crippen LogP contribution in [0.25, 0.3) is 0 Å². The minimum absolute atomic E-state index is 0.297. The second kappa shape index (κ2) is 5.17. The highest BCUT2D eigenvalue weighted by atomic mass is 19.1. The number of likely N-dealkylation sites (tertiary alicyclic amines) is 1. The third kappa shape index (κ3) is 2.65. The van der Waals surface area contributed by atoms with E-state index in [-0.39, 0.29) is 6.61 Å². The average Bonchev–Trinajstić information content (AvgIpc) is 2.83. The van der Waals surface area contributed by atoms with Gasteiger partial charge in [0.1, 0.15) is 17.3 Å². The fourth-order valence-corrected chi connectivity index (χ4v) is 3.13. The highest BCUT2D eigenvalue weighted by molar-refractivity contribution is 5.00. The number of rotatable bonds is 3.